The van der Waals surface area contributed by atoms with Gasteiger partial charge in [0.1, 0.15) is 5.75 Å². The van der Waals surface area contributed by atoms with Crippen LogP contribution in [0.25, 0.3) is 10.8 Å². The topological polar surface area (TPSA) is 82.4 Å². The molecule has 29 heavy (non-hydrogen) atoms. The molecule has 1 amide bonds. The fourth-order valence-electron chi connectivity index (χ4n) is 2.73. The lowest BCUT2D eigenvalue weighted by Gasteiger charge is -2.12. The molecule has 0 saturated carbocycles. The van der Waals surface area contributed by atoms with Crippen molar-refractivity contribution in [3.05, 3.63) is 68.6 Å². The highest BCUT2D eigenvalue weighted by atomic mass is 35.5. The number of fused-ring (bicyclic) bond motifs is 1. The number of ether oxygens (including phenoxy) is 2. The SMILES string of the molecule is COCCn1nc(CNC(=O)COc2ccc(Cl)cc2Cl)c2ccccc2c1=O. The van der Waals surface area contributed by atoms with E-state index in [1.54, 1.807) is 37.4 Å². The van der Waals surface area contributed by atoms with Gasteiger partial charge in [-0.05, 0) is 24.3 Å². The Kier molecular flexibility index (Phi) is 7.09. The molecule has 0 bridgehead atoms. The number of aromatic nitrogens is 2. The minimum Gasteiger partial charge on any atom is -0.482 e. The van der Waals surface area contributed by atoms with Gasteiger partial charge in [-0.2, -0.15) is 5.10 Å². The summed E-state index contributed by atoms with van der Waals surface area (Å²) in [5, 5.41) is 9.16. The Labute approximate surface area is 177 Å². The molecule has 0 fully saturated rings. The van der Waals surface area contributed by atoms with E-state index in [1.807, 2.05) is 6.07 Å². The third kappa shape index (κ3) is 5.26. The second-order valence-electron chi connectivity index (χ2n) is 6.15. The number of hydrogen-bond donors (Lipinski definition) is 1. The molecule has 0 radical (unpaired) electrons. The molecule has 1 aromatic heterocycles. The number of hydrogen-bond acceptors (Lipinski definition) is 5. The predicted molar refractivity (Wildman–Crippen MR) is 112 cm³/mol. The molecule has 2 aromatic carbocycles. The standard InChI is InChI=1S/C20H19Cl2N3O4/c1-28-9-8-25-20(27)15-5-3-2-4-14(15)17(24-25)11-23-19(26)12-29-18-7-6-13(21)10-16(18)22/h2-7,10H,8-9,11-12H2,1H3,(H,23,26). The van der Waals surface area contributed by atoms with Gasteiger partial charge in [-0.25, -0.2) is 4.68 Å². The molecule has 0 aliphatic heterocycles. The number of benzene rings is 2. The van der Waals surface area contributed by atoms with Crippen LogP contribution in [-0.4, -0.2) is 36.0 Å². The van der Waals surface area contributed by atoms with Gasteiger partial charge in [0.15, 0.2) is 6.61 Å². The molecule has 3 rings (SSSR count). The van der Waals surface area contributed by atoms with Crippen molar-refractivity contribution >= 4 is 39.9 Å². The number of carbonyl (C=O) groups excluding carboxylic acids is 1. The molecule has 0 spiro atoms. The number of amides is 1. The first-order valence-corrected chi connectivity index (χ1v) is 9.57. The number of rotatable bonds is 8. The van der Waals surface area contributed by atoms with Crippen molar-refractivity contribution in [1.29, 1.82) is 0 Å². The first-order valence-electron chi connectivity index (χ1n) is 8.82. The van der Waals surface area contributed by atoms with Gasteiger partial charge < -0.3 is 14.8 Å². The van der Waals surface area contributed by atoms with Crippen LogP contribution in [0.15, 0.2) is 47.3 Å². The Bertz CT molecular complexity index is 1080. The van der Waals surface area contributed by atoms with Crippen molar-refractivity contribution in [2.45, 2.75) is 13.1 Å². The molecule has 1 heterocycles. The highest BCUT2D eigenvalue weighted by Gasteiger charge is 2.12. The second-order valence-corrected chi connectivity index (χ2v) is 7.00. The minimum atomic E-state index is -0.350. The van der Waals surface area contributed by atoms with Crippen molar-refractivity contribution in [2.24, 2.45) is 0 Å². The quantitative estimate of drug-likeness (QED) is 0.587. The van der Waals surface area contributed by atoms with Crippen LogP contribution in [0.5, 0.6) is 5.75 Å². The lowest BCUT2D eigenvalue weighted by Crippen LogP contribution is -2.31. The van der Waals surface area contributed by atoms with E-state index in [2.05, 4.69) is 10.4 Å². The molecule has 9 heteroatoms. The summed E-state index contributed by atoms with van der Waals surface area (Å²) < 4.78 is 11.8. The molecule has 0 aliphatic rings. The van der Waals surface area contributed by atoms with Crippen molar-refractivity contribution in [3.63, 3.8) is 0 Å². The highest BCUT2D eigenvalue weighted by Crippen LogP contribution is 2.27. The Balaban J connectivity index is 1.71. The zero-order valence-corrected chi connectivity index (χ0v) is 17.2. The Morgan fingerprint density at radius 3 is 2.66 bits per heavy atom. The molecule has 0 saturated heterocycles. The number of carbonyl (C=O) groups is 1. The summed E-state index contributed by atoms with van der Waals surface area (Å²) in [4.78, 5) is 24.8. The van der Waals surface area contributed by atoms with Gasteiger partial charge >= 0.3 is 0 Å². The van der Waals surface area contributed by atoms with Crippen molar-refractivity contribution in [1.82, 2.24) is 15.1 Å². The molecule has 0 aliphatic carbocycles. The van der Waals surface area contributed by atoms with Crippen molar-refractivity contribution in [2.75, 3.05) is 20.3 Å². The van der Waals surface area contributed by atoms with E-state index in [0.29, 0.717) is 45.4 Å². The molecular formula is C20H19Cl2N3O4. The number of halogens is 2. The number of methoxy groups -OCH3 is 1. The number of nitrogens with zero attached hydrogens (tertiary/aromatic N) is 2. The summed E-state index contributed by atoms with van der Waals surface area (Å²) >= 11 is 11.9. The first-order chi connectivity index (χ1) is 14.0. The van der Waals surface area contributed by atoms with Crippen LogP contribution in [0, 0.1) is 0 Å². The van der Waals surface area contributed by atoms with Gasteiger partial charge in [0.05, 0.1) is 35.8 Å². The van der Waals surface area contributed by atoms with E-state index in [-0.39, 0.29) is 24.6 Å². The van der Waals surface area contributed by atoms with Gasteiger partial charge in [0, 0.05) is 17.5 Å². The third-order valence-corrected chi connectivity index (χ3v) is 4.69. The van der Waals surface area contributed by atoms with Crippen molar-refractivity contribution in [3.8, 4) is 5.75 Å². The first kappa shape index (κ1) is 21.1. The average Bonchev–Trinajstić information content (AvgIpc) is 2.72. The largest absolute Gasteiger partial charge is 0.482 e. The summed E-state index contributed by atoms with van der Waals surface area (Å²) in [6.45, 7) is 0.596. The normalized spacial score (nSPS) is 10.9. The Hall–Kier alpha value is -2.61. The average molecular weight is 436 g/mol. The van der Waals surface area contributed by atoms with E-state index >= 15 is 0 Å². The Morgan fingerprint density at radius 1 is 1.17 bits per heavy atom. The molecular weight excluding hydrogens is 417 g/mol. The van der Waals surface area contributed by atoms with Crippen LogP contribution >= 0.6 is 23.2 Å². The van der Waals surface area contributed by atoms with Crippen LogP contribution in [-0.2, 0) is 22.6 Å². The zero-order valence-electron chi connectivity index (χ0n) is 15.7. The van der Waals surface area contributed by atoms with Crippen LogP contribution < -0.4 is 15.6 Å². The predicted octanol–water partition coefficient (Wildman–Crippen LogP) is 3.04. The van der Waals surface area contributed by atoms with E-state index < -0.39 is 0 Å². The maximum absolute atomic E-state index is 12.6. The van der Waals surface area contributed by atoms with Crippen LogP contribution in [0.4, 0.5) is 0 Å². The summed E-state index contributed by atoms with van der Waals surface area (Å²) in [6, 6.07) is 11.9. The molecule has 1 N–H and O–H groups in total. The van der Waals surface area contributed by atoms with Crippen LogP contribution in [0.3, 0.4) is 0 Å². The van der Waals surface area contributed by atoms with Crippen LogP contribution in [0.1, 0.15) is 5.69 Å². The molecule has 0 atom stereocenters. The molecule has 0 unspecified atom stereocenters. The van der Waals surface area contributed by atoms with Gasteiger partial charge in [0.2, 0.25) is 0 Å². The fourth-order valence-corrected chi connectivity index (χ4v) is 3.20. The van der Waals surface area contributed by atoms with Crippen molar-refractivity contribution < 1.29 is 14.3 Å². The summed E-state index contributed by atoms with van der Waals surface area (Å²) in [6.07, 6.45) is 0. The van der Waals surface area contributed by atoms with E-state index in [0.717, 1.165) is 0 Å². The summed E-state index contributed by atoms with van der Waals surface area (Å²) in [5.74, 6) is 0.0134. The minimum absolute atomic E-state index is 0.143. The summed E-state index contributed by atoms with van der Waals surface area (Å²) in [7, 11) is 1.56. The highest BCUT2D eigenvalue weighted by molar-refractivity contribution is 6.35. The van der Waals surface area contributed by atoms with Gasteiger partial charge in [0.25, 0.3) is 11.5 Å². The van der Waals surface area contributed by atoms with Crippen LogP contribution in [0.2, 0.25) is 10.0 Å². The maximum Gasteiger partial charge on any atom is 0.274 e. The van der Waals surface area contributed by atoms with E-state index in [1.165, 1.54) is 10.7 Å². The zero-order chi connectivity index (χ0) is 20.8. The van der Waals surface area contributed by atoms with E-state index in [9.17, 15) is 9.59 Å². The third-order valence-electron chi connectivity index (χ3n) is 4.16. The lowest BCUT2D eigenvalue weighted by molar-refractivity contribution is -0.123. The maximum atomic E-state index is 12.6. The Morgan fingerprint density at radius 2 is 1.93 bits per heavy atom. The smallest absolute Gasteiger partial charge is 0.274 e. The lowest BCUT2D eigenvalue weighted by atomic mass is 10.1. The van der Waals surface area contributed by atoms with Gasteiger partial charge in [-0.1, -0.05) is 41.4 Å². The van der Waals surface area contributed by atoms with Gasteiger partial charge in [-0.3, -0.25) is 9.59 Å². The molecule has 3 aromatic rings. The second kappa shape index (κ2) is 9.73. The van der Waals surface area contributed by atoms with E-state index in [4.69, 9.17) is 32.7 Å². The summed E-state index contributed by atoms with van der Waals surface area (Å²) in [5.41, 5.74) is 0.377. The monoisotopic (exact) mass is 435 g/mol. The molecule has 152 valence electrons. The number of nitrogens with one attached hydrogen (secondary N) is 1. The van der Waals surface area contributed by atoms with Gasteiger partial charge in [-0.15, -0.1) is 0 Å². The fraction of sp³-hybridized carbons (Fsp3) is 0.250. The molecule has 7 nitrogen and oxygen atoms in total.